The Bertz CT molecular complexity index is 1140. The quantitative estimate of drug-likeness (QED) is 0.232. The first-order chi connectivity index (χ1) is 19.6. The molecule has 0 bridgehead atoms. The monoisotopic (exact) mass is 567 g/mol. The van der Waals surface area contributed by atoms with Crippen LogP contribution in [0.15, 0.2) is 91.0 Å². The van der Waals surface area contributed by atoms with Crippen LogP contribution in [0.3, 0.4) is 0 Å². The number of thiocarbonyl (C=S) groups is 1. The summed E-state index contributed by atoms with van der Waals surface area (Å²) in [6, 6.07) is 29.2. The van der Waals surface area contributed by atoms with Gasteiger partial charge in [-0.25, -0.2) is 4.39 Å². The van der Waals surface area contributed by atoms with E-state index in [9.17, 15) is 0 Å². The maximum absolute atomic E-state index is 15.7. The highest BCUT2D eigenvalue weighted by molar-refractivity contribution is 7.80. The van der Waals surface area contributed by atoms with Crippen molar-refractivity contribution in [2.75, 3.05) is 19.7 Å². The SMILES string of the molecule is CCN(CC)C(=S)O[C@@H]1[C@H](OCc2ccccc2)[C@@H](OCc2ccccc2)[C@H](F)O[C@@H]1COCc1ccccc1. The van der Waals surface area contributed by atoms with Gasteiger partial charge in [0, 0.05) is 13.1 Å². The fraction of sp³-hybridized carbons (Fsp3) is 0.406. The molecule has 4 rings (SSSR count). The zero-order valence-corrected chi connectivity index (χ0v) is 23.9. The first-order valence-electron chi connectivity index (χ1n) is 13.8. The Morgan fingerprint density at radius 2 is 1.20 bits per heavy atom. The molecule has 1 heterocycles. The van der Waals surface area contributed by atoms with Gasteiger partial charge in [-0.05, 0) is 42.8 Å². The predicted octanol–water partition coefficient (Wildman–Crippen LogP) is 6.08. The van der Waals surface area contributed by atoms with Crippen LogP contribution in [-0.4, -0.2) is 60.5 Å². The Morgan fingerprint density at radius 1 is 0.725 bits per heavy atom. The van der Waals surface area contributed by atoms with Crippen LogP contribution in [0, 0.1) is 0 Å². The van der Waals surface area contributed by atoms with Crippen molar-refractivity contribution in [2.45, 2.75) is 64.4 Å². The molecule has 1 aliphatic heterocycles. The zero-order chi connectivity index (χ0) is 28.2. The Balaban J connectivity index is 1.57. The molecule has 8 heteroatoms. The molecule has 214 valence electrons. The molecular formula is C32H38FNO5S. The van der Waals surface area contributed by atoms with Gasteiger partial charge in [-0.15, -0.1) is 0 Å². The van der Waals surface area contributed by atoms with E-state index in [1.165, 1.54) is 0 Å². The minimum absolute atomic E-state index is 0.0947. The highest BCUT2D eigenvalue weighted by atomic mass is 32.1. The van der Waals surface area contributed by atoms with Gasteiger partial charge in [-0.1, -0.05) is 91.0 Å². The topological polar surface area (TPSA) is 49.4 Å². The number of hydrogen-bond acceptors (Lipinski definition) is 6. The van der Waals surface area contributed by atoms with E-state index in [0.717, 1.165) is 16.7 Å². The van der Waals surface area contributed by atoms with E-state index < -0.39 is 30.8 Å². The lowest BCUT2D eigenvalue weighted by Crippen LogP contribution is -2.61. The summed E-state index contributed by atoms with van der Waals surface area (Å²) in [6.07, 6.45) is -5.15. The molecule has 0 N–H and O–H groups in total. The summed E-state index contributed by atoms with van der Waals surface area (Å²) in [5.41, 5.74) is 2.88. The smallest absolute Gasteiger partial charge is 0.259 e. The van der Waals surface area contributed by atoms with Crippen molar-refractivity contribution in [1.82, 2.24) is 4.90 Å². The second kappa shape index (κ2) is 15.8. The molecule has 0 saturated carbocycles. The van der Waals surface area contributed by atoms with Crippen molar-refractivity contribution < 1.29 is 28.1 Å². The summed E-state index contributed by atoms with van der Waals surface area (Å²) in [4.78, 5) is 1.92. The molecule has 0 spiro atoms. The van der Waals surface area contributed by atoms with E-state index >= 15 is 4.39 Å². The fourth-order valence-corrected chi connectivity index (χ4v) is 4.95. The first-order valence-corrected chi connectivity index (χ1v) is 14.2. The maximum Gasteiger partial charge on any atom is 0.259 e. The van der Waals surface area contributed by atoms with Crippen LogP contribution in [0.5, 0.6) is 0 Å². The molecule has 0 unspecified atom stereocenters. The summed E-state index contributed by atoms with van der Waals surface area (Å²) in [7, 11) is 0. The van der Waals surface area contributed by atoms with Crippen LogP contribution < -0.4 is 0 Å². The summed E-state index contributed by atoms with van der Waals surface area (Å²) < 4.78 is 46.5. The molecule has 0 radical (unpaired) electrons. The van der Waals surface area contributed by atoms with Crippen LogP contribution in [-0.2, 0) is 43.5 Å². The summed E-state index contributed by atoms with van der Waals surface area (Å²) in [6.45, 7) is 6.25. The minimum atomic E-state index is -1.75. The highest BCUT2D eigenvalue weighted by Crippen LogP contribution is 2.31. The molecule has 3 aromatic rings. The number of rotatable bonds is 13. The third-order valence-electron chi connectivity index (χ3n) is 6.80. The Labute approximate surface area is 242 Å². The molecule has 6 nitrogen and oxygen atoms in total. The van der Waals surface area contributed by atoms with Gasteiger partial charge >= 0.3 is 0 Å². The van der Waals surface area contributed by atoms with Gasteiger partial charge in [0.2, 0.25) is 6.36 Å². The third kappa shape index (κ3) is 8.56. The summed E-state index contributed by atoms with van der Waals surface area (Å²) >= 11 is 5.65. The van der Waals surface area contributed by atoms with E-state index in [4.69, 9.17) is 35.9 Å². The van der Waals surface area contributed by atoms with Crippen LogP contribution in [0.4, 0.5) is 4.39 Å². The zero-order valence-electron chi connectivity index (χ0n) is 23.1. The second-order valence-corrected chi connectivity index (χ2v) is 9.92. The van der Waals surface area contributed by atoms with Crippen LogP contribution in [0.2, 0.25) is 0 Å². The van der Waals surface area contributed by atoms with Crippen molar-refractivity contribution in [3.8, 4) is 0 Å². The van der Waals surface area contributed by atoms with Gasteiger partial charge in [-0.2, -0.15) is 0 Å². The van der Waals surface area contributed by atoms with Crippen LogP contribution >= 0.6 is 12.2 Å². The fourth-order valence-electron chi connectivity index (χ4n) is 4.58. The Hall–Kier alpha value is -2.88. The molecule has 0 amide bonds. The molecular weight excluding hydrogens is 529 g/mol. The Kier molecular flexibility index (Phi) is 11.9. The normalized spacial score (nSPS) is 22.5. The van der Waals surface area contributed by atoms with Crippen LogP contribution in [0.1, 0.15) is 30.5 Å². The Morgan fingerprint density at radius 3 is 1.70 bits per heavy atom. The van der Waals surface area contributed by atoms with E-state index in [0.29, 0.717) is 24.9 Å². The van der Waals surface area contributed by atoms with Crippen molar-refractivity contribution in [3.63, 3.8) is 0 Å². The van der Waals surface area contributed by atoms with E-state index in [-0.39, 0.29) is 19.8 Å². The average Bonchev–Trinajstić information content (AvgIpc) is 2.99. The van der Waals surface area contributed by atoms with Crippen molar-refractivity contribution >= 4 is 17.4 Å². The van der Waals surface area contributed by atoms with E-state index in [2.05, 4.69) is 0 Å². The lowest BCUT2D eigenvalue weighted by Gasteiger charge is -2.44. The third-order valence-corrected chi connectivity index (χ3v) is 7.15. The minimum Gasteiger partial charge on any atom is -0.462 e. The van der Waals surface area contributed by atoms with Gasteiger partial charge in [0.05, 0.1) is 26.4 Å². The van der Waals surface area contributed by atoms with E-state index in [1.807, 2.05) is 110 Å². The lowest BCUT2D eigenvalue weighted by molar-refractivity contribution is -0.287. The van der Waals surface area contributed by atoms with Crippen molar-refractivity contribution in [1.29, 1.82) is 0 Å². The lowest BCUT2D eigenvalue weighted by atomic mass is 9.98. The average molecular weight is 568 g/mol. The molecule has 0 aliphatic carbocycles. The standard InChI is InChI=1S/C32H38FNO5S/c1-3-34(4-2)32(40)39-28-27(23-35-20-24-14-8-5-9-15-24)38-31(33)30(37-22-26-18-12-7-13-19-26)29(28)36-21-25-16-10-6-11-17-25/h5-19,27-31H,3-4,20-23H2,1-2H3/t27-,28+,29+,30-,31-/m1/s1. The number of benzene rings is 3. The van der Waals surface area contributed by atoms with Crippen molar-refractivity contribution in [3.05, 3.63) is 108 Å². The molecule has 1 aliphatic rings. The number of nitrogens with zero attached hydrogens (tertiary/aromatic N) is 1. The molecule has 1 fully saturated rings. The van der Waals surface area contributed by atoms with Gasteiger partial charge < -0.3 is 28.6 Å². The van der Waals surface area contributed by atoms with Gasteiger partial charge in [-0.3, -0.25) is 0 Å². The second-order valence-electron chi connectivity index (χ2n) is 9.57. The highest BCUT2D eigenvalue weighted by Gasteiger charge is 2.50. The van der Waals surface area contributed by atoms with Crippen LogP contribution in [0.25, 0.3) is 0 Å². The molecule has 40 heavy (non-hydrogen) atoms. The summed E-state index contributed by atoms with van der Waals surface area (Å²) in [5, 5.41) is 0.305. The van der Waals surface area contributed by atoms with E-state index in [1.54, 1.807) is 0 Å². The van der Waals surface area contributed by atoms with Gasteiger partial charge in [0.1, 0.15) is 18.3 Å². The predicted molar refractivity (Wildman–Crippen MR) is 156 cm³/mol. The largest absolute Gasteiger partial charge is 0.462 e. The van der Waals surface area contributed by atoms with Gasteiger partial charge in [0.25, 0.3) is 5.17 Å². The number of ether oxygens (including phenoxy) is 5. The first kappa shape index (κ1) is 30.1. The molecule has 0 aromatic heterocycles. The summed E-state index contributed by atoms with van der Waals surface area (Å²) in [5.74, 6) is 0. The van der Waals surface area contributed by atoms with Gasteiger partial charge in [0.15, 0.2) is 6.10 Å². The van der Waals surface area contributed by atoms with Crippen molar-refractivity contribution in [2.24, 2.45) is 0 Å². The number of halogens is 1. The molecule has 3 aromatic carbocycles. The molecule has 1 saturated heterocycles. The molecule has 5 atom stereocenters. The number of alkyl halides is 1. The maximum atomic E-state index is 15.7. The number of hydrogen-bond donors (Lipinski definition) is 0.